The van der Waals surface area contributed by atoms with E-state index in [0.29, 0.717) is 28.5 Å². The largest absolute Gasteiger partial charge is 0.358 e. The van der Waals surface area contributed by atoms with Crippen molar-refractivity contribution in [2.24, 2.45) is 0 Å². The lowest BCUT2D eigenvalue weighted by Crippen LogP contribution is -2.36. The summed E-state index contributed by atoms with van der Waals surface area (Å²) >= 11 is 0. The highest BCUT2D eigenvalue weighted by atomic mass is 19.1. The van der Waals surface area contributed by atoms with E-state index in [9.17, 15) is 9.65 Å². The fourth-order valence-electron chi connectivity index (χ4n) is 2.94. The van der Waals surface area contributed by atoms with Gasteiger partial charge in [0.05, 0.1) is 17.4 Å². The monoisotopic (exact) mass is 320 g/mol. The zero-order valence-electron chi connectivity index (χ0n) is 13.1. The molecule has 6 nitrogen and oxygen atoms in total. The Morgan fingerprint density at radius 3 is 2.71 bits per heavy atom. The van der Waals surface area contributed by atoms with E-state index >= 15 is 0 Å². The van der Waals surface area contributed by atoms with Crippen molar-refractivity contribution in [1.29, 1.82) is 5.26 Å². The van der Waals surface area contributed by atoms with Gasteiger partial charge in [0.2, 0.25) is 0 Å². The lowest BCUT2D eigenvalue weighted by molar-refractivity contribution is 0.487. The highest BCUT2D eigenvalue weighted by molar-refractivity contribution is 5.76. The van der Waals surface area contributed by atoms with E-state index in [4.69, 9.17) is 0 Å². The molecule has 0 radical (unpaired) electrons. The van der Waals surface area contributed by atoms with E-state index < -0.39 is 11.6 Å². The second kappa shape index (κ2) is 4.86. The molecule has 0 atom stereocenters. The molecule has 0 amide bonds. The number of rotatable bonds is 1. The molecule has 0 saturated carbocycles. The Hall–Kier alpha value is -3.27. The zero-order chi connectivity index (χ0) is 16.9. The first-order valence-corrected chi connectivity index (χ1v) is 7.41. The highest BCUT2D eigenvalue weighted by Crippen LogP contribution is 2.39. The Morgan fingerprint density at radius 2 is 2.00 bits per heavy atom. The fraction of sp³-hybridized carbons (Fsp3) is 0.176. The van der Waals surface area contributed by atoms with E-state index in [1.54, 1.807) is 4.68 Å². The topological polar surface area (TPSA) is 79.4 Å². The van der Waals surface area contributed by atoms with Gasteiger partial charge < -0.3 is 5.32 Å². The van der Waals surface area contributed by atoms with Crippen LogP contribution in [-0.4, -0.2) is 19.7 Å². The molecular weight excluding hydrogens is 307 g/mol. The van der Waals surface area contributed by atoms with Crippen molar-refractivity contribution in [3.63, 3.8) is 0 Å². The van der Waals surface area contributed by atoms with Gasteiger partial charge in [0.1, 0.15) is 28.8 Å². The van der Waals surface area contributed by atoms with Gasteiger partial charge in [-0.3, -0.25) is 0 Å². The van der Waals surface area contributed by atoms with Crippen LogP contribution in [0.25, 0.3) is 16.9 Å². The number of benzene rings is 1. The second-order valence-electron chi connectivity index (χ2n) is 6.08. The molecule has 7 heteroatoms. The van der Waals surface area contributed by atoms with E-state index in [-0.39, 0.29) is 0 Å². The number of fused-ring (bicyclic) bond motifs is 3. The lowest BCUT2D eigenvalue weighted by Gasteiger charge is -2.33. The van der Waals surface area contributed by atoms with Crippen LogP contribution in [0.1, 0.15) is 25.1 Å². The number of nitrogens with zero attached hydrogens (tertiary/aromatic N) is 5. The molecule has 4 rings (SSSR count). The summed E-state index contributed by atoms with van der Waals surface area (Å²) in [6.07, 6.45) is 0.607. The van der Waals surface area contributed by atoms with Crippen LogP contribution in [0.4, 0.5) is 10.2 Å². The number of nitriles is 1. The summed E-state index contributed by atoms with van der Waals surface area (Å²) in [5.41, 5.74) is 2.23. The Bertz CT molecular complexity index is 984. The smallest absolute Gasteiger partial charge is 0.309 e. The Labute approximate surface area is 137 Å². The molecule has 118 valence electrons. The summed E-state index contributed by atoms with van der Waals surface area (Å²) in [6.45, 7) is 3.75. The van der Waals surface area contributed by atoms with Crippen molar-refractivity contribution in [2.45, 2.75) is 19.4 Å². The first-order valence-electron chi connectivity index (χ1n) is 7.41. The molecule has 2 aromatic heterocycles. The third-order valence-electron chi connectivity index (χ3n) is 4.04. The molecule has 0 aliphatic carbocycles. The number of hydrogen-bond acceptors (Lipinski definition) is 5. The average molecular weight is 320 g/mol. The van der Waals surface area contributed by atoms with E-state index in [2.05, 4.69) is 26.5 Å². The summed E-state index contributed by atoms with van der Waals surface area (Å²) < 4.78 is 15.1. The molecule has 1 aliphatic heterocycles. The molecule has 1 aromatic carbocycles. The maximum Gasteiger partial charge on any atom is 0.309 e. The first kappa shape index (κ1) is 14.3. The van der Waals surface area contributed by atoms with E-state index in [1.807, 2.05) is 44.2 Å². The number of hydrogen-bond donors (Lipinski definition) is 1. The first-order chi connectivity index (χ1) is 11.5. The molecule has 3 aromatic rings. The minimum absolute atomic E-state index is 0.434. The quantitative estimate of drug-likeness (QED) is 0.697. The van der Waals surface area contributed by atoms with Crippen LogP contribution in [0, 0.1) is 17.4 Å². The predicted octanol–water partition coefficient (Wildman–Crippen LogP) is 3.00. The Balaban J connectivity index is 2.02. The van der Waals surface area contributed by atoms with Crippen molar-refractivity contribution in [3.05, 3.63) is 53.9 Å². The zero-order valence-corrected chi connectivity index (χ0v) is 13.1. The van der Waals surface area contributed by atoms with Gasteiger partial charge in [0.15, 0.2) is 0 Å². The van der Waals surface area contributed by atoms with Gasteiger partial charge >= 0.3 is 6.08 Å². The van der Waals surface area contributed by atoms with Crippen LogP contribution in [0.3, 0.4) is 0 Å². The maximum absolute atomic E-state index is 13.5. The van der Waals surface area contributed by atoms with Crippen LogP contribution in [0.2, 0.25) is 0 Å². The molecule has 0 bridgehead atoms. The summed E-state index contributed by atoms with van der Waals surface area (Å²) in [5, 5.41) is 17.5. The van der Waals surface area contributed by atoms with Gasteiger partial charge in [-0.25, -0.2) is 14.6 Å². The van der Waals surface area contributed by atoms with Crippen LogP contribution < -0.4 is 5.32 Å². The number of nitrogens with one attached hydrogen (secondary N) is 1. The van der Waals surface area contributed by atoms with Crippen LogP contribution in [-0.2, 0) is 5.54 Å². The van der Waals surface area contributed by atoms with Gasteiger partial charge in [-0.2, -0.15) is 14.8 Å². The van der Waals surface area contributed by atoms with Crippen molar-refractivity contribution < 1.29 is 4.39 Å². The lowest BCUT2D eigenvalue weighted by atomic mass is 9.96. The summed E-state index contributed by atoms with van der Waals surface area (Å²) in [5.74, 6) is 0.559. The van der Waals surface area contributed by atoms with Gasteiger partial charge in [-0.15, -0.1) is 0 Å². The van der Waals surface area contributed by atoms with Gasteiger partial charge in [0.25, 0.3) is 0 Å². The summed E-state index contributed by atoms with van der Waals surface area (Å²) in [6, 6.07) is 11.7. The molecule has 3 heterocycles. The molecular formula is C17H13FN6. The fourth-order valence-corrected chi connectivity index (χ4v) is 2.94. The van der Waals surface area contributed by atoms with Gasteiger partial charge in [-0.05, 0) is 13.8 Å². The number of halogens is 1. The molecule has 24 heavy (non-hydrogen) atoms. The highest BCUT2D eigenvalue weighted by Gasteiger charge is 2.36. The van der Waals surface area contributed by atoms with Crippen molar-refractivity contribution in [3.8, 4) is 23.0 Å². The summed E-state index contributed by atoms with van der Waals surface area (Å²) in [4.78, 5) is 7.56. The standard InChI is InChI=1S/C17H13FN6/c1-17(2)14-12(9-20-16(18)21-14)24-15(22-17)11(8-19)13(23-24)10-6-4-3-5-7-10/h3-7,9,22H,1-2H3. The van der Waals surface area contributed by atoms with Crippen molar-refractivity contribution in [1.82, 2.24) is 19.7 Å². The average Bonchev–Trinajstić information content (AvgIpc) is 2.93. The van der Waals surface area contributed by atoms with E-state index in [0.717, 1.165) is 5.56 Å². The van der Waals surface area contributed by atoms with Gasteiger partial charge in [-0.1, -0.05) is 30.3 Å². The third-order valence-corrected chi connectivity index (χ3v) is 4.04. The van der Waals surface area contributed by atoms with Crippen molar-refractivity contribution >= 4 is 5.82 Å². The normalized spacial score (nSPS) is 14.2. The number of anilines is 1. The van der Waals surface area contributed by atoms with Crippen LogP contribution in [0.5, 0.6) is 0 Å². The van der Waals surface area contributed by atoms with Crippen LogP contribution >= 0.6 is 0 Å². The minimum Gasteiger partial charge on any atom is -0.358 e. The maximum atomic E-state index is 13.5. The molecule has 0 spiro atoms. The predicted molar refractivity (Wildman–Crippen MR) is 85.9 cm³/mol. The van der Waals surface area contributed by atoms with E-state index in [1.165, 1.54) is 6.20 Å². The molecule has 0 saturated heterocycles. The SMILES string of the molecule is CC1(C)Nc2c(C#N)c(-c3ccccc3)nn2-c2cnc(F)nc21. The Kier molecular flexibility index (Phi) is 2.90. The van der Waals surface area contributed by atoms with Crippen LogP contribution in [0.15, 0.2) is 36.5 Å². The molecule has 0 unspecified atom stereocenters. The molecule has 1 aliphatic rings. The summed E-state index contributed by atoms with van der Waals surface area (Å²) in [7, 11) is 0. The third kappa shape index (κ3) is 1.97. The Morgan fingerprint density at radius 1 is 1.25 bits per heavy atom. The second-order valence-corrected chi connectivity index (χ2v) is 6.08. The number of aromatic nitrogens is 4. The molecule has 1 N–H and O–H groups in total. The minimum atomic E-state index is -0.789. The molecule has 0 fully saturated rings. The van der Waals surface area contributed by atoms with Gasteiger partial charge in [0, 0.05) is 5.56 Å². The van der Waals surface area contributed by atoms with Crippen molar-refractivity contribution in [2.75, 3.05) is 5.32 Å².